The second kappa shape index (κ2) is 6.86. The Balaban J connectivity index is 2.66. The van der Waals surface area contributed by atoms with Gasteiger partial charge in [-0.1, -0.05) is 30.3 Å². The van der Waals surface area contributed by atoms with Gasteiger partial charge in [-0.2, -0.15) is 8.42 Å². The van der Waals surface area contributed by atoms with Gasteiger partial charge < -0.3 is 9.84 Å². The van der Waals surface area contributed by atoms with Crippen LogP contribution in [0.3, 0.4) is 0 Å². The molecule has 0 amide bonds. The molecule has 0 radical (unpaired) electrons. The van der Waals surface area contributed by atoms with E-state index in [1.165, 1.54) is 0 Å². The maximum absolute atomic E-state index is 11.0. The third-order valence-electron chi connectivity index (χ3n) is 2.82. The van der Waals surface area contributed by atoms with Gasteiger partial charge in [-0.25, -0.2) is 4.79 Å². The lowest BCUT2D eigenvalue weighted by atomic mass is 10.0. The first-order valence-corrected chi connectivity index (χ1v) is 7.36. The monoisotopic (exact) mass is 319 g/mol. The van der Waals surface area contributed by atoms with Crippen molar-refractivity contribution in [2.45, 2.75) is 6.92 Å². The molecule has 0 unspecified atom stereocenters. The van der Waals surface area contributed by atoms with Gasteiger partial charge in [0.1, 0.15) is 11.4 Å². The molecule has 2 rings (SSSR count). The van der Waals surface area contributed by atoms with E-state index in [4.69, 9.17) is 9.84 Å². The van der Waals surface area contributed by atoms with Crippen LogP contribution in [-0.4, -0.2) is 26.1 Å². The zero-order chi connectivity index (χ0) is 16.1. The van der Waals surface area contributed by atoms with Gasteiger partial charge in [0.15, 0.2) is 6.61 Å². The average molecular weight is 319 g/mol. The Morgan fingerprint density at radius 3 is 2.50 bits per heavy atom. The quantitative estimate of drug-likeness (QED) is 0.914. The van der Waals surface area contributed by atoms with Crippen molar-refractivity contribution in [2.24, 2.45) is 4.36 Å². The summed E-state index contributed by atoms with van der Waals surface area (Å²) in [4.78, 5) is 10.7. The summed E-state index contributed by atoms with van der Waals surface area (Å²) in [5, 5.41) is 8.73. The van der Waals surface area contributed by atoms with E-state index in [-0.39, 0.29) is 11.4 Å². The molecule has 0 aliphatic rings. The highest BCUT2D eigenvalue weighted by molar-refractivity contribution is 7.61. The SMILES string of the molecule is Cc1cc(OCC(=O)O)c(N=S(=O)=O)c(-c2ccccc2)c1. The first kappa shape index (κ1) is 15.7. The fourth-order valence-electron chi connectivity index (χ4n) is 2.00. The number of hydrogen-bond donors (Lipinski definition) is 1. The molecule has 0 saturated heterocycles. The molecule has 7 heteroatoms. The maximum Gasteiger partial charge on any atom is 0.341 e. The molecule has 114 valence electrons. The lowest BCUT2D eigenvalue weighted by molar-refractivity contribution is -0.139. The van der Waals surface area contributed by atoms with Crippen molar-refractivity contribution in [3.8, 4) is 16.9 Å². The van der Waals surface area contributed by atoms with E-state index in [0.29, 0.717) is 5.56 Å². The molecule has 2 aromatic carbocycles. The smallest absolute Gasteiger partial charge is 0.341 e. The van der Waals surface area contributed by atoms with Gasteiger partial charge in [0, 0.05) is 5.56 Å². The third-order valence-corrected chi connectivity index (χ3v) is 3.15. The Morgan fingerprint density at radius 1 is 1.23 bits per heavy atom. The number of aryl methyl sites for hydroxylation is 1. The van der Waals surface area contributed by atoms with Crippen molar-refractivity contribution in [1.29, 1.82) is 0 Å². The minimum Gasteiger partial charge on any atom is -0.480 e. The standard InChI is InChI=1S/C15H13NO5S/c1-10-7-12(11-5-3-2-4-6-11)15(16-22(19)20)13(8-10)21-9-14(17)18/h2-8H,9H2,1H3,(H,17,18). The van der Waals surface area contributed by atoms with Crippen molar-refractivity contribution in [3.63, 3.8) is 0 Å². The van der Waals surface area contributed by atoms with Crippen LogP contribution in [-0.2, 0) is 15.3 Å². The van der Waals surface area contributed by atoms with Crippen LogP contribution in [0, 0.1) is 6.92 Å². The Hall–Kier alpha value is -2.67. The van der Waals surface area contributed by atoms with Crippen LogP contribution >= 0.6 is 0 Å². The van der Waals surface area contributed by atoms with Crippen LogP contribution < -0.4 is 4.74 Å². The van der Waals surface area contributed by atoms with Crippen molar-refractivity contribution in [2.75, 3.05) is 6.61 Å². The Labute approximate surface area is 128 Å². The second-order valence-electron chi connectivity index (χ2n) is 4.52. The minimum atomic E-state index is -2.68. The molecular formula is C15H13NO5S. The predicted octanol–water partition coefficient (Wildman–Crippen LogP) is 2.82. The third kappa shape index (κ3) is 3.92. The molecule has 0 atom stereocenters. The summed E-state index contributed by atoms with van der Waals surface area (Å²) in [5.74, 6) is -1.04. The molecule has 0 fully saturated rings. The number of carbonyl (C=O) groups is 1. The van der Waals surface area contributed by atoms with Crippen molar-refractivity contribution >= 4 is 22.2 Å². The molecule has 0 aliphatic heterocycles. The summed E-state index contributed by atoms with van der Waals surface area (Å²) in [5.41, 5.74) is 2.21. The fraction of sp³-hybridized carbons (Fsp3) is 0.133. The molecule has 2 aromatic rings. The lowest BCUT2D eigenvalue weighted by Crippen LogP contribution is -2.09. The fourth-order valence-corrected chi connectivity index (χ4v) is 2.34. The van der Waals surface area contributed by atoms with Crippen LogP contribution in [0.15, 0.2) is 46.8 Å². The van der Waals surface area contributed by atoms with Gasteiger partial charge in [0.05, 0.1) is 0 Å². The topological polar surface area (TPSA) is 93.0 Å². The average Bonchev–Trinajstić information content (AvgIpc) is 2.47. The van der Waals surface area contributed by atoms with E-state index >= 15 is 0 Å². The lowest BCUT2D eigenvalue weighted by Gasteiger charge is -2.12. The summed E-state index contributed by atoms with van der Waals surface area (Å²) in [6, 6.07) is 12.4. The number of carboxylic acids is 1. The van der Waals surface area contributed by atoms with Crippen molar-refractivity contribution in [3.05, 3.63) is 48.0 Å². The van der Waals surface area contributed by atoms with Gasteiger partial charge in [0.25, 0.3) is 0 Å². The number of rotatable bonds is 5. The van der Waals surface area contributed by atoms with E-state index in [0.717, 1.165) is 11.1 Å². The molecule has 6 nitrogen and oxygen atoms in total. The van der Waals surface area contributed by atoms with Crippen LogP contribution in [0.2, 0.25) is 0 Å². The summed E-state index contributed by atoms with van der Waals surface area (Å²) < 4.78 is 30.7. The molecule has 1 N–H and O–H groups in total. The highest BCUT2D eigenvalue weighted by Gasteiger charge is 2.14. The van der Waals surface area contributed by atoms with Gasteiger partial charge in [-0.15, -0.1) is 4.36 Å². The van der Waals surface area contributed by atoms with E-state index in [1.54, 1.807) is 19.1 Å². The van der Waals surface area contributed by atoms with Gasteiger partial charge in [-0.05, 0) is 30.2 Å². The normalized spacial score (nSPS) is 10.0. The number of hydrogen-bond acceptors (Lipinski definition) is 5. The van der Waals surface area contributed by atoms with Crippen molar-refractivity contribution < 1.29 is 23.1 Å². The zero-order valence-electron chi connectivity index (χ0n) is 11.7. The van der Waals surface area contributed by atoms with Gasteiger partial charge in [0.2, 0.25) is 0 Å². The highest BCUT2D eigenvalue weighted by Crippen LogP contribution is 2.39. The molecule has 0 bridgehead atoms. The summed E-state index contributed by atoms with van der Waals surface area (Å²) in [7, 11) is -2.68. The molecule has 22 heavy (non-hydrogen) atoms. The van der Waals surface area contributed by atoms with Gasteiger partial charge >= 0.3 is 16.5 Å². The molecular weight excluding hydrogens is 306 g/mol. The molecule has 0 spiro atoms. The molecule has 0 aliphatic carbocycles. The van der Waals surface area contributed by atoms with E-state index in [9.17, 15) is 13.2 Å². The Kier molecular flexibility index (Phi) is 4.90. The van der Waals surface area contributed by atoms with Crippen LogP contribution in [0.1, 0.15) is 5.56 Å². The zero-order valence-corrected chi connectivity index (χ0v) is 12.5. The maximum atomic E-state index is 11.0. The summed E-state index contributed by atoms with van der Waals surface area (Å²) in [6.45, 7) is 1.23. The summed E-state index contributed by atoms with van der Waals surface area (Å²) >= 11 is 0. The number of aliphatic carboxylic acids is 1. The van der Waals surface area contributed by atoms with E-state index in [1.807, 2.05) is 30.3 Å². The first-order chi connectivity index (χ1) is 10.5. The van der Waals surface area contributed by atoms with Crippen LogP contribution in [0.25, 0.3) is 11.1 Å². The Morgan fingerprint density at radius 2 is 1.91 bits per heavy atom. The number of ether oxygens (including phenoxy) is 1. The summed E-state index contributed by atoms with van der Waals surface area (Å²) in [6.07, 6.45) is 0. The molecule has 0 saturated carbocycles. The van der Waals surface area contributed by atoms with Crippen molar-refractivity contribution in [1.82, 2.24) is 0 Å². The molecule has 0 heterocycles. The highest BCUT2D eigenvalue weighted by atomic mass is 32.2. The first-order valence-electron chi connectivity index (χ1n) is 6.33. The number of benzene rings is 2. The Bertz CT molecular complexity index is 821. The van der Waals surface area contributed by atoms with Crippen LogP contribution in [0.4, 0.5) is 5.69 Å². The minimum absolute atomic E-state index is 0.0892. The van der Waals surface area contributed by atoms with E-state index < -0.39 is 23.1 Å². The molecule has 0 aromatic heterocycles. The van der Waals surface area contributed by atoms with E-state index in [2.05, 4.69) is 4.36 Å². The van der Waals surface area contributed by atoms with Crippen LogP contribution in [0.5, 0.6) is 5.75 Å². The largest absolute Gasteiger partial charge is 0.480 e. The number of nitrogens with zero attached hydrogens (tertiary/aromatic N) is 1. The second-order valence-corrected chi connectivity index (χ2v) is 5.13. The predicted molar refractivity (Wildman–Crippen MR) is 80.8 cm³/mol. The van der Waals surface area contributed by atoms with Gasteiger partial charge in [-0.3, -0.25) is 0 Å². The number of carboxylic acid groups (broad SMARTS) is 1.